The van der Waals surface area contributed by atoms with Crippen molar-refractivity contribution in [3.8, 4) is 0 Å². The minimum atomic E-state index is 0.0629. The molecular formula is C15H23N3. The van der Waals surface area contributed by atoms with Crippen LogP contribution in [0.2, 0.25) is 0 Å². The zero-order chi connectivity index (χ0) is 13.2. The summed E-state index contributed by atoms with van der Waals surface area (Å²) in [4.78, 5) is 3.33. The van der Waals surface area contributed by atoms with Gasteiger partial charge < -0.3 is 4.98 Å². The molecule has 0 saturated heterocycles. The number of rotatable bonds is 5. The number of nitrogens with one attached hydrogen (secondary N) is 1. The van der Waals surface area contributed by atoms with Gasteiger partial charge in [0, 0.05) is 29.7 Å². The Morgan fingerprint density at radius 2 is 1.94 bits per heavy atom. The fourth-order valence-electron chi connectivity index (χ4n) is 2.25. The Labute approximate surface area is 109 Å². The van der Waals surface area contributed by atoms with Gasteiger partial charge in [0.2, 0.25) is 0 Å². The second kappa shape index (κ2) is 4.63. The largest absolute Gasteiger partial charge is 0.365 e. The number of H-pyrrole nitrogens is 1. The molecule has 0 unspecified atom stereocenters. The molecule has 0 radical (unpaired) electrons. The Morgan fingerprint density at radius 3 is 2.50 bits per heavy atom. The fraction of sp³-hybridized carbons (Fsp3) is 0.533. The second-order valence-corrected chi connectivity index (χ2v) is 6.23. The third kappa shape index (κ3) is 2.66. The lowest BCUT2D eigenvalue weighted by Crippen LogP contribution is -2.30. The number of hydrogen-bond acceptors (Lipinski definition) is 1. The van der Waals surface area contributed by atoms with Gasteiger partial charge in [-0.05, 0) is 44.9 Å². The molecule has 0 bridgehead atoms. The molecule has 18 heavy (non-hydrogen) atoms. The van der Waals surface area contributed by atoms with E-state index in [0.29, 0.717) is 0 Å². The standard InChI is InChI=1S/C15H23N3/c1-14(2,13-7-5-10-16-13)8-9-15(3,4)18-12-6-11-17-18/h5-7,10-12,16H,8-9H2,1-4H3. The molecule has 0 saturated carbocycles. The molecule has 3 nitrogen and oxygen atoms in total. The smallest absolute Gasteiger partial charge is 0.0571 e. The SMILES string of the molecule is CC(C)(CCC(C)(C)n1cccn1)c1ccc[nH]1. The maximum atomic E-state index is 4.36. The molecule has 0 aliphatic heterocycles. The summed E-state index contributed by atoms with van der Waals surface area (Å²) in [5.74, 6) is 0. The summed E-state index contributed by atoms with van der Waals surface area (Å²) in [7, 11) is 0. The molecule has 0 amide bonds. The van der Waals surface area contributed by atoms with Gasteiger partial charge in [0.05, 0.1) is 5.54 Å². The van der Waals surface area contributed by atoms with Gasteiger partial charge in [0.25, 0.3) is 0 Å². The Hall–Kier alpha value is -1.51. The summed E-state index contributed by atoms with van der Waals surface area (Å²) < 4.78 is 2.05. The average Bonchev–Trinajstić information content (AvgIpc) is 2.99. The highest BCUT2D eigenvalue weighted by atomic mass is 15.3. The molecule has 2 rings (SSSR count). The Kier molecular flexibility index (Phi) is 3.33. The minimum Gasteiger partial charge on any atom is -0.365 e. The first-order valence-corrected chi connectivity index (χ1v) is 6.56. The van der Waals surface area contributed by atoms with Crippen LogP contribution in [0.4, 0.5) is 0 Å². The summed E-state index contributed by atoms with van der Waals surface area (Å²) in [6, 6.07) is 6.22. The number of hydrogen-bond donors (Lipinski definition) is 1. The molecule has 1 N–H and O–H groups in total. The third-order valence-corrected chi connectivity index (χ3v) is 3.81. The Balaban J connectivity index is 2.03. The third-order valence-electron chi connectivity index (χ3n) is 3.81. The molecule has 0 aliphatic carbocycles. The zero-order valence-electron chi connectivity index (χ0n) is 11.8. The van der Waals surface area contributed by atoms with Gasteiger partial charge in [-0.2, -0.15) is 5.10 Å². The average molecular weight is 245 g/mol. The van der Waals surface area contributed by atoms with Crippen LogP contribution in [0.1, 0.15) is 46.2 Å². The van der Waals surface area contributed by atoms with Gasteiger partial charge in [0.1, 0.15) is 0 Å². The molecule has 2 aromatic heterocycles. The van der Waals surface area contributed by atoms with E-state index in [0.717, 1.165) is 12.8 Å². The fourth-order valence-corrected chi connectivity index (χ4v) is 2.25. The van der Waals surface area contributed by atoms with Gasteiger partial charge in [-0.25, -0.2) is 0 Å². The summed E-state index contributed by atoms with van der Waals surface area (Å²) >= 11 is 0. The predicted molar refractivity (Wildman–Crippen MR) is 74.6 cm³/mol. The molecule has 0 spiro atoms. The maximum Gasteiger partial charge on any atom is 0.0571 e. The van der Waals surface area contributed by atoms with Crippen molar-refractivity contribution in [2.75, 3.05) is 0 Å². The molecule has 3 heteroatoms. The van der Waals surface area contributed by atoms with Crippen LogP contribution < -0.4 is 0 Å². The van der Waals surface area contributed by atoms with E-state index in [1.54, 1.807) is 0 Å². The van der Waals surface area contributed by atoms with Crippen LogP contribution in [-0.2, 0) is 11.0 Å². The first kappa shape index (κ1) is 12.9. The summed E-state index contributed by atoms with van der Waals surface area (Å²) in [6.07, 6.45) is 8.11. The normalized spacial score (nSPS) is 12.9. The van der Waals surface area contributed by atoms with Crippen molar-refractivity contribution in [3.05, 3.63) is 42.5 Å². The van der Waals surface area contributed by atoms with Gasteiger partial charge in [-0.1, -0.05) is 13.8 Å². The maximum absolute atomic E-state index is 4.36. The lowest BCUT2D eigenvalue weighted by atomic mass is 9.80. The highest BCUT2D eigenvalue weighted by molar-refractivity contribution is 5.15. The Bertz CT molecular complexity index is 418. The van der Waals surface area contributed by atoms with Gasteiger partial charge in [-0.15, -0.1) is 0 Å². The van der Waals surface area contributed by atoms with Gasteiger partial charge in [0.15, 0.2) is 0 Å². The summed E-state index contributed by atoms with van der Waals surface area (Å²) in [5.41, 5.74) is 1.54. The van der Waals surface area contributed by atoms with Crippen LogP contribution in [0.5, 0.6) is 0 Å². The lowest BCUT2D eigenvalue weighted by molar-refractivity contribution is 0.259. The topological polar surface area (TPSA) is 33.6 Å². The molecule has 2 heterocycles. The van der Waals surface area contributed by atoms with Crippen molar-refractivity contribution < 1.29 is 0 Å². The highest BCUT2D eigenvalue weighted by Crippen LogP contribution is 2.32. The van der Waals surface area contributed by atoms with E-state index in [4.69, 9.17) is 0 Å². The minimum absolute atomic E-state index is 0.0629. The first-order chi connectivity index (χ1) is 8.42. The lowest BCUT2D eigenvalue weighted by Gasteiger charge is -2.31. The number of aromatic amines is 1. The monoisotopic (exact) mass is 245 g/mol. The van der Waals surface area contributed by atoms with E-state index in [-0.39, 0.29) is 11.0 Å². The van der Waals surface area contributed by atoms with Crippen molar-refractivity contribution in [1.82, 2.24) is 14.8 Å². The Morgan fingerprint density at radius 1 is 1.17 bits per heavy atom. The van der Waals surface area contributed by atoms with E-state index < -0.39 is 0 Å². The van der Waals surface area contributed by atoms with E-state index in [2.05, 4.69) is 54.6 Å². The van der Waals surface area contributed by atoms with Crippen LogP contribution in [0.25, 0.3) is 0 Å². The number of nitrogens with zero attached hydrogens (tertiary/aromatic N) is 2. The van der Waals surface area contributed by atoms with E-state index in [1.807, 2.05) is 24.7 Å². The second-order valence-electron chi connectivity index (χ2n) is 6.23. The van der Waals surface area contributed by atoms with Crippen LogP contribution in [0.3, 0.4) is 0 Å². The first-order valence-electron chi connectivity index (χ1n) is 6.56. The van der Waals surface area contributed by atoms with Crippen molar-refractivity contribution in [3.63, 3.8) is 0 Å². The predicted octanol–water partition coefficient (Wildman–Crippen LogP) is 3.70. The van der Waals surface area contributed by atoms with E-state index in [1.165, 1.54) is 5.69 Å². The van der Waals surface area contributed by atoms with Crippen molar-refractivity contribution in [1.29, 1.82) is 0 Å². The molecule has 98 valence electrons. The molecular weight excluding hydrogens is 222 g/mol. The van der Waals surface area contributed by atoms with Crippen molar-refractivity contribution in [2.24, 2.45) is 0 Å². The van der Waals surface area contributed by atoms with Crippen LogP contribution in [0.15, 0.2) is 36.8 Å². The number of aromatic nitrogens is 3. The van der Waals surface area contributed by atoms with Gasteiger partial charge in [-0.3, -0.25) is 4.68 Å². The van der Waals surface area contributed by atoms with Gasteiger partial charge >= 0.3 is 0 Å². The molecule has 0 aliphatic rings. The molecule has 0 fully saturated rings. The van der Waals surface area contributed by atoms with Crippen molar-refractivity contribution in [2.45, 2.75) is 51.5 Å². The summed E-state index contributed by atoms with van der Waals surface area (Å²) in [5, 5.41) is 4.36. The summed E-state index contributed by atoms with van der Waals surface area (Å²) in [6.45, 7) is 9.06. The van der Waals surface area contributed by atoms with Crippen LogP contribution in [-0.4, -0.2) is 14.8 Å². The quantitative estimate of drug-likeness (QED) is 0.856. The highest BCUT2D eigenvalue weighted by Gasteiger charge is 2.27. The zero-order valence-corrected chi connectivity index (χ0v) is 11.8. The van der Waals surface area contributed by atoms with E-state index >= 15 is 0 Å². The van der Waals surface area contributed by atoms with Crippen LogP contribution >= 0.6 is 0 Å². The van der Waals surface area contributed by atoms with E-state index in [9.17, 15) is 0 Å². The van der Waals surface area contributed by atoms with Crippen LogP contribution in [0, 0.1) is 0 Å². The molecule has 0 aromatic carbocycles. The molecule has 2 aromatic rings. The molecule has 0 atom stereocenters. The van der Waals surface area contributed by atoms with Crippen molar-refractivity contribution >= 4 is 0 Å².